The van der Waals surface area contributed by atoms with Crippen LogP contribution in [0.15, 0.2) is 24.3 Å². The van der Waals surface area contributed by atoms with Crippen LogP contribution in [0.4, 0.5) is 0 Å². The van der Waals surface area contributed by atoms with Crippen molar-refractivity contribution in [2.45, 2.75) is 58.3 Å². The van der Waals surface area contributed by atoms with Gasteiger partial charge >= 0.3 is 0 Å². The van der Waals surface area contributed by atoms with E-state index in [9.17, 15) is 4.79 Å². The lowest BCUT2D eigenvalue weighted by Crippen LogP contribution is -2.29. The van der Waals surface area contributed by atoms with Gasteiger partial charge in [0.05, 0.1) is 10.7 Å². The number of carbonyl (C=O) groups excluding carboxylic acids is 1. The van der Waals surface area contributed by atoms with Crippen LogP contribution in [0.2, 0.25) is 0 Å². The van der Waals surface area contributed by atoms with Crippen molar-refractivity contribution in [2.24, 2.45) is 0 Å². The van der Waals surface area contributed by atoms with Crippen LogP contribution >= 0.6 is 11.3 Å². The molecule has 2 aromatic rings. The molecule has 0 saturated carbocycles. The van der Waals surface area contributed by atoms with E-state index in [2.05, 4.69) is 25.2 Å². The van der Waals surface area contributed by atoms with Crippen LogP contribution in [0, 0.1) is 0 Å². The number of aryl methyl sites for hydroxylation is 3. The largest absolute Gasteiger partial charge is 0.484 e. The van der Waals surface area contributed by atoms with E-state index in [1.54, 1.807) is 0 Å². The smallest absolute Gasteiger partial charge is 0.257 e. The van der Waals surface area contributed by atoms with E-state index in [4.69, 9.17) is 9.72 Å². The molecule has 1 aliphatic carbocycles. The Morgan fingerprint density at radius 3 is 2.96 bits per heavy atom. The van der Waals surface area contributed by atoms with Gasteiger partial charge in [-0.25, -0.2) is 4.98 Å². The van der Waals surface area contributed by atoms with Gasteiger partial charge in [0.25, 0.3) is 5.91 Å². The summed E-state index contributed by atoms with van der Waals surface area (Å²) in [5.41, 5.74) is 2.53. The van der Waals surface area contributed by atoms with Gasteiger partial charge in [0, 0.05) is 17.8 Å². The SMILES string of the molecule is CC(C)c1cccc(OCC(=O)NCCCc2nc3c(s2)CCCC3)c1. The summed E-state index contributed by atoms with van der Waals surface area (Å²) in [7, 11) is 0. The molecule has 1 aliphatic rings. The van der Waals surface area contributed by atoms with Gasteiger partial charge in [0.2, 0.25) is 0 Å². The fourth-order valence-electron chi connectivity index (χ4n) is 3.14. The topological polar surface area (TPSA) is 51.2 Å². The molecule has 4 nitrogen and oxygen atoms in total. The minimum absolute atomic E-state index is 0.0626. The number of nitrogens with one attached hydrogen (secondary N) is 1. The predicted octanol–water partition coefficient (Wildman–Crippen LogP) is 4.27. The maximum absolute atomic E-state index is 12.0. The minimum Gasteiger partial charge on any atom is -0.484 e. The van der Waals surface area contributed by atoms with Crippen LogP contribution in [0.3, 0.4) is 0 Å². The normalized spacial score (nSPS) is 13.5. The third-order valence-electron chi connectivity index (χ3n) is 4.67. The molecule has 26 heavy (non-hydrogen) atoms. The second-order valence-electron chi connectivity index (χ2n) is 7.15. The zero-order valence-corrected chi connectivity index (χ0v) is 16.5. The number of aromatic nitrogens is 1. The van der Waals surface area contributed by atoms with Crippen LogP contribution in [0.5, 0.6) is 5.75 Å². The average molecular weight is 373 g/mol. The molecule has 1 heterocycles. The lowest BCUT2D eigenvalue weighted by atomic mass is 10.0. The van der Waals surface area contributed by atoms with Gasteiger partial charge in [-0.1, -0.05) is 26.0 Å². The number of fused-ring (bicyclic) bond motifs is 1. The van der Waals surface area contributed by atoms with Crippen LogP contribution in [-0.4, -0.2) is 24.0 Å². The molecule has 3 rings (SSSR count). The Hall–Kier alpha value is -1.88. The Bertz CT molecular complexity index is 716. The summed E-state index contributed by atoms with van der Waals surface area (Å²) in [6, 6.07) is 7.94. The highest BCUT2D eigenvalue weighted by molar-refractivity contribution is 7.11. The Morgan fingerprint density at radius 1 is 1.31 bits per heavy atom. The van der Waals surface area contributed by atoms with Gasteiger partial charge in [0.15, 0.2) is 6.61 Å². The van der Waals surface area contributed by atoms with Crippen molar-refractivity contribution in [1.29, 1.82) is 0 Å². The Kier molecular flexibility index (Phi) is 6.67. The Balaban J connectivity index is 1.35. The molecule has 1 amide bonds. The number of amides is 1. The summed E-state index contributed by atoms with van der Waals surface area (Å²) in [4.78, 5) is 18.2. The van der Waals surface area contributed by atoms with E-state index in [0.717, 1.165) is 25.0 Å². The number of rotatable bonds is 8. The van der Waals surface area contributed by atoms with Crippen LogP contribution in [0.25, 0.3) is 0 Å². The predicted molar refractivity (Wildman–Crippen MR) is 106 cm³/mol. The lowest BCUT2D eigenvalue weighted by Gasteiger charge is -2.10. The van der Waals surface area contributed by atoms with Crippen LogP contribution in [-0.2, 0) is 24.1 Å². The Labute approximate surface area is 160 Å². The number of hydrogen-bond donors (Lipinski definition) is 1. The zero-order chi connectivity index (χ0) is 18.4. The summed E-state index contributed by atoms with van der Waals surface area (Å²) >= 11 is 1.86. The molecular formula is C21H28N2O2S. The van der Waals surface area contributed by atoms with E-state index in [-0.39, 0.29) is 12.5 Å². The molecule has 0 radical (unpaired) electrons. The van der Waals surface area contributed by atoms with Crippen molar-refractivity contribution in [3.05, 3.63) is 45.4 Å². The third kappa shape index (κ3) is 5.31. The molecule has 1 aromatic heterocycles. The molecule has 0 unspecified atom stereocenters. The molecule has 140 valence electrons. The highest BCUT2D eigenvalue weighted by atomic mass is 32.1. The van der Waals surface area contributed by atoms with Crippen molar-refractivity contribution in [3.63, 3.8) is 0 Å². The number of thiazole rings is 1. The first-order valence-electron chi connectivity index (χ1n) is 9.58. The third-order valence-corrected chi connectivity index (χ3v) is 5.89. The molecule has 0 bridgehead atoms. The molecule has 0 atom stereocenters. The second kappa shape index (κ2) is 9.17. The van der Waals surface area contributed by atoms with Gasteiger partial charge in [-0.05, 0) is 55.7 Å². The van der Waals surface area contributed by atoms with E-state index < -0.39 is 0 Å². The summed E-state index contributed by atoms with van der Waals surface area (Å²) in [6.45, 7) is 5.01. The molecule has 0 spiro atoms. The van der Waals surface area contributed by atoms with E-state index in [1.165, 1.54) is 40.4 Å². The van der Waals surface area contributed by atoms with Crippen molar-refractivity contribution in [3.8, 4) is 5.75 Å². The first kappa shape index (κ1) is 18.9. The van der Waals surface area contributed by atoms with Crippen molar-refractivity contribution in [2.75, 3.05) is 13.2 Å². The summed E-state index contributed by atoms with van der Waals surface area (Å²) in [6.07, 6.45) is 6.75. The number of nitrogens with zero attached hydrogens (tertiary/aromatic N) is 1. The van der Waals surface area contributed by atoms with E-state index in [1.807, 2.05) is 29.5 Å². The second-order valence-corrected chi connectivity index (χ2v) is 8.32. The standard InChI is InChI=1S/C21H28N2O2S/c1-15(2)16-7-5-8-17(13-16)25-14-20(24)22-12-6-11-21-23-18-9-3-4-10-19(18)26-21/h5,7-8,13,15H,3-4,6,9-12,14H2,1-2H3,(H,22,24). The molecular weight excluding hydrogens is 344 g/mol. The van der Waals surface area contributed by atoms with Crippen molar-refractivity contribution in [1.82, 2.24) is 10.3 Å². The summed E-state index contributed by atoms with van der Waals surface area (Å²) < 4.78 is 5.61. The maximum Gasteiger partial charge on any atom is 0.257 e. The molecule has 0 aliphatic heterocycles. The van der Waals surface area contributed by atoms with Gasteiger partial charge in [-0.15, -0.1) is 11.3 Å². The van der Waals surface area contributed by atoms with E-state index >= 15 is 0 Å². The maximum atomic E-state index is 12.0. The number of hydrogen-bond acceptors (Lipinski definition) is 4. The first-order valence-corrected chi connectivity index (χ1v) is 10.4. The molecule has 1 N–H and O–H groups in total. The molecule has 1 aromatic carbocycles. The zero-order valence-electron chi connectivity index (χ0n) is 15.7. The summed E-state index contributed by atoms with van der Waals surface area (Å²) in [5, 5.41) is 4.15. The number of carbonyl (C=O) groups is 1. The van der Waals surface area contributed by atoms with Gasteiger partial charge < -0.3 is 10.1 Å². The fourth-order valence-corrected chi connectivity index (χ4v) is 4.34. The summed E-state index contributed by atoms with van der Waals surface area (Å²) in [5.74, 6) is 1.13. The molecule has 0 fully saturated rings. The van der Waals surface area contributed by atoms with Gasteiger partial charge in [-0.2, -0.15) is 0 Å². The highest BCUT2D eigenvalue weighted by Crippen LogP contribution is 2.27. The van der Waals surface area contributed by atoms with Crippen LogP contribution < -0.4 is 10.1 Å². The van der Waals surface area contributed by atoms with Crippen LogP contribution in [0.1, 0.15) is 60.2 Å². The van der Waals surface area contributed by atoms with Gasteiger partial charge in [0.1, 0.15) is 5.75 Å². The number of ether oxygens (including phenoxy) is 1. The average Bonchev–Trinajstić information content (AvgIpc) is 3.06. The fraction of sp³-hybridized carbons (Fsp3) is 0.524. The van der Waals surface area contributed by atoms with Crippen molar-refractivity contribution >= 4 is 17.2 Å². The molecule has 5 heteroatoms. The minimum atomic E-state index is -0.0709. The first-order chi connectivity index (χ1) is 12.6. The quantitative estimate of drug-likeness (QED) is 0.704. The van der Waals surface area contributed by atoms with Gasteiger partial charge in [-0.3, -0.25) is 4.79 Å². The number of benzene rings is 1. The highest BCUT2D eigenvalue weighted by Gasteiger charge is 2.14. The van der Waals surface area contributed by atoms with Crippen molar-refractivity contribution < 1.29 is 9.53 Å². The van der Waals surface area contributed by atoms with E-state index in [0.29, 0.717) is 12.5 Å². The Morgan fingerprint density at radius 2 is 2.15 bits per heavy atom. The monoisotopic (exact) mass is 372 g/mol. The lowest BCUT2D eigenvalue weighted by molar-refractivity contribution is -0.123. The molecule has 0 saturated heterocycles.